The van der Waals surface area contributed by atoms with Crippen LogP contribution in [0.25, 0.3) is 0 Å². The number of ketones is 1. The van der Waals surface area contributed by atoms with Gasteiger partial charge in [0.1, 0.15) is 5.69 Å². The molecule has 0 saturated heterocycles. The molecule has 1 heterocycles. The summed E-state index contributed by atoms with van der Waals surface area (Å²) in [6.45, 7) is 1.58. The lowest BCUT2D eigenvalue weighted by molar-refractivity contribution is 0.101. The van der Waals surface area contributed by atoms with E-state index in [1.165, 1.54) is 18.7 Å². The van der Waals surface area contributed by atoms with Crippen LogP contribution in [-0.2, 0) is 0 Å². The van der Waals surface area contributed by atoms with Crippen LogP contribution in [0, 0.1) is 5.82 Å². The predicted molar refractivity (Wildman–Crippen MR) is 89.8 cm³/mol. The van der Waals surface area contributed by atoms with Gasteiger partial charge in [-0.25, -0.2) is 4.39 Å². The predicted octanol–water partition coefficient (Wildman–Crippen LogP) is 4.54. The van der Waals surface area contributed by atoms with E-state index in [0.29, 0.717) is 17.5 Å². The number of rotatable bonds is 4. The zero-order valence-electron chi connectivity index (χ0n) is 13.7. The van der Waals surface area contributed by atoms with E-state index >= 15 is 0 Å². The first-order valence-electron chi connectivity index (χ1n) is 8.22. The molecule has 1 saturated carbocycles. The van der Waals surface area contributed by atoms with Gasteiger partial charge in [0.05, 0.1) is 19.0 Å². The number of halogens is 1. The normalized spacial score (nSPS) is 20.8. The summed E-state index contributed by atoms with van der Waals surface area (Å²) in [5.41, 5.74) is 4.61. The van der Waals surface area contributed by atoms with Crippen molar-refractivity contribution >= 4 is 17.2 Å². The van der Waals surface area contributed by atoms with Crippen LogP contribution in [0.2, 0.25) is 0 Å². The van der Waals surface area contributed by atoms with E-state index < -0.39 is 5.82 Å². The molecule has 2 aliphatic carbocycles. The Morgan fingerprint density at radius 2 is 2.04 bits per heavy atom. The van der Waals surface area contributed by atoms with Gasteiger partial charge in [0.2, 0.25) is 0 Å². The third-order valence-electron chi connectivity index (χ3n) is 5.17. The highest BCUT2D eigenvalue weighted by molar-refractivity contribution is 5.95. The van der Waals surface area contributed by atoms with Gasteiger partial charge in [0, 0.05) is 18.7 Å². The molecule has 24 heavy (non-hydrogen) atoms. The minimum absolute atomic E-state index is 0.0220. The summed E-state index contributed by atoms with van der Waals surface area (Å²) in [7, 11) is 1.45. The fourth-order valence-corrected chi connectivity index (χ4v) is 4.17. The topological polar surface area (TPSA) is 51.2 Å². The number of nitrogens with zero attached hydrogens (tertiary/aromatic N) is 1. The molecule has 0 aliphatic heterocycles. The lowest BCUT2D eigenvalue weighted by atomic mass is 9.89. The van der Waals surface area contributed by atoms with E-state index in [9.17, 15) is 9.18 Å². The van der Waals surface area contributed by atoms with Crippen molar-refractivity contribution in [1.29, 1.82) is 0 Å². The van der Waals surface area contributed by atoms with Gasteiger partial charge in [-0.2, -0.15) is 0 Å². The number of pyridine rings is 1. The van der Waals surface area contributed by atoms with Crippen LogP contribution in [-0.4, -0.2) is 17.9 Å². The fourth-order valence-electron chi connectivity index (χ4n) is 4.17. The maximum atomic E-state index is 13.6. The van der Waals surface area contributed by atoms with E-state index in [2.05, 4.69) is 10.3 Å². The molecule has 4 nitrogen and oxygen atoms in total. The lowest BCUT2D eigenvalue weighted by Gasteiger charge is -2.21. The molecule has 1 N–H and O–H groups in total. The van der Waals surface area contributed by atoms with Crippen LogP contribution in [0.1, 0.15) is 59.6 Å². The number of fused-ring (bicyclic) bond motifs is 5. The Kier molecular flexibility index (Phi) is 3.52. The highest BCUT2D eigenvalue weighted by atomic mass is 19.1. The molecule has 2 unspecified atom stereocenters. The second-order valence-corrected chi connectivity index (χ2v) is 6.59. The maximum absolute atomic E-state index is 13.6. The first kappa shape index (κ1) is 15.1. The van der Waals surface area contributed by atoms with E-state index in [4.69, 9.17) is 4.74 Å². The van der Waals surface area contributed by atoms with Gasteiger partial charge in [-0.3, -0.25) is 9.78 Å². The van der Waals surface area contributed by atoms with E-state index in [0.717, 1.165) is 36.2 Å². The highest BCUT2D eigenvalue weighted by Gasteiger charge is 2.41. The molecular formula is C19H19FN2O2. The van der Waals surface area contributed by atoms with Crippen LogP contribution < -0.4 is 10.1 Å². The number of Topliss-reactive ketones (excluding diaryl/α,β-unsaturated/α-hetero) is 1. The van der Waals surface area contributed by atoms with Crippen molar-refractivity contribution in [3.8, 4) is 5.75 Å². The quantitative estimate of drug-likeness (QED) is 0.838. The largest absolute Gasteiger partial charge is 0.494 e. The second-order valence-electron chi connectivity index (χ2n) is 6.59. The average molecular weight is 326 g/mol. The Morgan fingerprint density at radius 1 is 1.29 bits per heavy atom. The van der Waals surface area contributed by atoms with Crippen molar-refractivity contribution < 1.29 is 13.9 Å². The molecule has 1 aromatic carbocycles. The van der Waals surface area contributed by atoms with Gasteiger partial charge in [0.25, 0.3) is 0 Å². The number of benzene rings is 1. The number of hydrogen-bond donors (Lipinski definition) is 1. The third kappa shape index (κ3) is 2.27. The first-order chi connectivity index (χ1) is 11.6. The molecule has 0 spiro atoms. The Bertz CT molecular complexity index is 834. The zero-order chi connectivity index (χ0) is 16.8. The second kappa shape index (κ2) is 5.58. The molecule has 1 fully saturated rings. The molecule has 2 aromatic rings. The van der Waals surface area contributed by atoms with Crippen molar-refractivity contribution in [2.75, 3.05) is 12.4 Å². The molecule has 124 valence electrons. The maximum Gasteiger partial charge on any atom is 0.178 e. The SMILES string of the molecule is COc1cc(Nc2cnc(C(C)=O)c3c2C2CCC3C2)ccc1F. The lowest BCUT2D eigenvalue weighted by Crippen LogP contribution is -2.11. The molecule has 0 amide bonds. The van der Waals surface area contributed by atoms with Crippen LogP contribution >= 0.6 is 0 Å². The van der Waals surface area contributed by atoms with Crippen LogP contribution in [0.3, 0.4) is 0 Å². The molecule has 0 radical (unpaired) electrons. The number of ether oxygens (including phenoxy) is 1. The number of hydrogen-bond acceptors (Lipinski definition) is 4. The van der Waals surface area contributed by atoms with Gasteiger partial charge >= 0.3 is 0 Å². The van der Waals surface area contributed by atoms with Crippen molar-refractivity contribution in [3.05, 3.63) is 47.0 Å². The third-order valence-corrected chi connectivity index (χ3v) is 5.17. The van der Waals surface area contributed by atoms with Crippen molar-refractivity contribution in [3.63, 3.8) is 0 Å². The Hall–Kier alpha value is -2.43. The monoisotopic (exact) mass is 326 g/mol. The molecule has 2 aliphatic rings. The first-order valence-corrected chi connectivity index (χ1v) is 8.22. The van der Waals surface area contributed by atoms with E-state index in [1.54, 1.807) is 25.3 Å². The van der Waals surface area contributed by atoms with Crippen molar-refractivity contribution in [2.45, 2.75) is 38.0 Å². The Labute approximate surface area is 140 Å². The number of methoxy groups -OCH3 is 1. The summed E-state index contributed by atoms with van der Waals surface area (Å²) in [5, 5.41) is 3.34. The van der Waals surface area contributed by atoms with Gasteiger partial charge in [-0.15, -0.1) is 0 Å². The van der Waals surface area contributed by atoms with Crippen molar-refractivity contribution in [1.82, 2.24) is 4.98 Å². The Balaban J connectivity index is 1.76. The highest BCUT2D eigenvalue weighted by Crippen LogP contribution is 2.56. The summed E-state index contributed by atoms with van der Waals surface area (Å²) >= 11 is 0. The number of anilines is 2. The minimum Gasteiger partial charge on any atom is -0.494 e. The summed E-state index contributed by atoms with van der Waals surface area (Å²) in [6, 6.07) is 4.69. The van der Waals surface area contributed by atoms with Gasteiger partial charge < -0.3 is 10.1 Å². The minimum atomic E-state index is -0.391. The number of aromatic nitrogens is 1. The van der Waals surface area contributed by atoms with Crippen LogP contribution in [0.5, 0.6) is 5.75 Å². The molecule has 1 aromatic heterocycles. The number of carbonyl (C=O) groups excluding carboxylic acids is 1. The smallest absolute Gasteiger partial charge is 0.178 e. The fraction of sp³-hybridized carbons (Fsp3) is 0.368. The van der Waals surface area contributed by atoms with E-state index in [-0.39, 0.29) is 11.5 Å². The zero-order valence-corrected chi connectivity index (χ0v) is 13.7. The number of carbonyl (C=O) groups is 1. The molecule has 4 rings (SSSR count). The van der Waals surface area contributed by atoms with Gasteiger partial charge in [-0.05, 0) is 54.4 Å². The standard InChI is InChI=1S/C19H19FN2O2/c1-10(23)19-18-12-4-3-11(7-12)17(18)15(9-21-19)22-13-5-6-14(20)16(8-13)24-2/h5-6,8-9,11-12,22H,3-4,7H2,1-2H3. The number of nitrogens with one attached hydrogen (secondary N) is 1. The Morgan fingerprint density at radius 3 is 2.75 bits per heavy atom. The van der Waals surface area contributed by atoms with Crippen molar-refractivity contribution in [2.24, 2.45) is 0 Å². The van der Waals surface area contributed by atoms with Gasteiger partial charge in [0.15, 0.2) is 17.3 Å². The van der Waals surface area contributed by atoms with Crippen LogP contribution in [0.4, 0.5) is 15.8 Å². The average Bonchev–Trinajstić information content (AvgIpc) is 3.19. The van der Waals surface area contributed by atoms with E-state index in [1.807, 2.05) is 0 Å². The molecule has 2 bridgehead atoms. The molecule has 5 heteroatoms. The molecular weight excluding hydrogens is 307 g/mol. The summed E-state index contributed by atoms with van der Waals surface area (Å²) in [6.07, 6.45) is 5.11. The van der Waals surface area contributed by atoms with Crippen LogP contribution in [0.15, 0.2) is 24.4 Å². The summed E-state index contributed by atoms with van der Waals surface area (Å²) < 4.78 is 18.6. The molecule has 2 atom stereocenters. The summed E-state index contributed by atoms with van der Waals surface area (Å²) in [4.78, 5) is 16.3. The van der Waals surface area contributed by atoms with Gasteiger partial charge in [-0.1, -0.05) is 0 Å². The summed E-state index contributed by atoms with van der Waals surface area (Å²) in [5.74, 6) is 0.759.